The molecule has 0 radical (unpaired) electrons. The maximum absolute atomic E-state index is 13.0. The predicted octanol–water partition coefficient (Wildman–Crippen LogP) is 1.60. The fraction of sp³-hybridized carbons (Fsp3) is 0.550. The van der Waals surface area contributed by atoms with Crippen LogP contribution in [0.1, 0.15) is 42.1 Å². The van der Waals surface area contributed by atoms with Crippen LogP contribution in [0.15, 0.2) is 31.2 Å². The van der Waals surface area contributed by atoms with Crippen molar-refractivity contribution in [2.45, 2.75) is 38.3 Å². The Bertz CT molecular complexity index is 968. The van der Waals surface area contributed by atoms with Gasteiger partial charge in [0.1, 0.15) is 18.2 Å². The summed E-state index contributed by atoms with van der Waals surface area (Å²) < 4.78 is 4.02. The number of pyridine rings is 1. The minimum atomic E-state index is 0.0470. The molecule has 4 heterocycles. The molecule has 5 rings (SSSR count). The molecule has 1 saturated heterocycles. The van der Waals surface area contributed by atoms with Crippen molar-refractivity contribution in [1.82, 2.24) is 39.1 Å². The molecule has 2 fully saturated rings. The van der Waals surface area contributed by atoms with Crippen LogP contribution >= 0.6 is 0 Å². The zero-order valence-electron chi connectivity index (χ0n) is 16.5. The van der Waals surface area contributed by atoms with E-state index in [1.807, 2.05) is 22.0 Å². The average molecular weight is 394 g/mol. The van der Waals surface area contributed by atoms with E-state index in [-0.39, 0.29) is 5.91 Å². The number of carbonyl (C=O) groups excluding carboxylic acids is 1. The van der Waals surface area contributed by atoms with Gasteiger partial charge in [0.15, 0.2) is 5.65 Å². The second-order valence-electron chi connectivity index (χ2n) is 7.95. The van der Waals surface area contributed by atoms with Crippen LogP contribution in [0.25, 0.3) is 11.2 Å². The van der Waals surface area contributed by atoms with Crippen molar-refractivity contribution in [3.63, 3.8) is 0 Å². The van der Waals surface area contributed by atoms with Gasteiger partial charge in [0.25, 0.3) is 5.91 Å². The first-order valence-corrected chi connectivity index (χ1v) is 10.4. The standard InChI is InChI=1S/C20H26N8O/c29-20(26-8-5-25(6-9-26)7-10-27-14-21-13-24-27)16-11-18-19(22-12-16)28(15-23-18)17-3-1-2-4-17/h11-15,17H,1-10H2. The molecule has 0 bridgehead atoms. The summed E-state index contributed by atoms with van der Waals surface area (Å²) in [7, 11) is 0. The van der Waals surface area contributed by atoms with Gasteiger partial charge in [0.2, 0.25) is 0 Å². The molecule has 152 valence electrons. The van der Waals surface area contributed by atoms with Crippen LogP contribution in [0.4, 0.5) is 0 Å². The first-order valence-electron chi connectivity index (χ1n) is 10.4. The summed E-state index contributed by atoms with van der Waals surface area (Å²) in [5.41, 5.74) is 2.34. The molecule has 2 aliphatic rings. The van der Waals surface area contributed by atoms with E-state index >= 15 is 0 Å². The van der Waals surface area contributed by atoms with Crippen LogP contribution < -0.4 is 0 Å². The normalized spacial score (nSPS) is 18.7. The van der Waals surface area contributed by atoms with E-state index in [0.717, 1.165) is 50.4 Å². The largest absolute Gasteiger partial charge is 0.336 e. The second-order valence-corrected chi connectivity index (χ2v) is 7.95. The number of aromatic nitrogens is 6. The first-order chi connectivity index (χ1) is 14.3. The number of nitrogens with zero attached hydrogens (tertiary/aromatic N) is 8. The smallest absolute Gasteiger partial charge is 0.255 e. The van der Waals surface area contributed by atoms with Gasteiger partial charge < -0.3 is 9.47 Å². The van der Waals surface area contributed by atoms with Gasteiger partial charge in [-0.1, -0.05) is 12.8 Å². The third kappa shape index (κ3) is 3.74. The average Bonchev–Trinajstić information content (AvgIpc) is 3.53. The summed E-state index contributed by atoms with van der Waals surface area (Å²) in [6.07, 6.45) is 11.8. The van der Waals surface area contributed by atoms with Gasteiger partial charge in [-0.25, -0.2) is 15.0 Å². The topological polar surface area (TPSA) is 85.0 Å². The number of imidazole rings is 1. The summed E-state index contributed by atoms with van der Waals surface area (Å²) >= 11 is 0. The molecule has 0 unspecified atom stereocenters. The Morgan fingerprint density at radius 3 is 2.62 bits per heavy atom. The van der Waals surface area contributed by atoms with Gasteiger partial charge in [0, 0.05) is 45.0 Å². The molecule has 3 aromatic heterocycles. The highest BCUT2D eigenvalue weighted by atomic mass is 16.2. The number of rotatable bonds is 5. The predicted molar refractivity (Wildman–Crippen MR) is 107 cm³/mol. The molecule has 29 heavy (non-hydrogen) atoms. The Morgan fingerprint density at radius 2 is 1.86 bits per heavy atom. The Kier molecular flexibility index (Phi) is 4.97. The minimum absolute atomic E-state index is 0.0470. The Balaban J connectivity index is 1.21. The zero-order chi connectivity index (χ0) is 19.6. The highest BCUT2D eigenvalue weighted by molar-refractivity contribution is 5.96. The first kappa shape index (κ1) is 18.2. The molecule has 9 heteroatoms. The van der Waals surface area contributed by atoms with Gasteiger partial charge in [-0.15, -0.1) is 0 Å². The molecule has 1 aliphatic carbocycles. The van der Waals surface area contributed by atoms with E-state index in [1.54, 1.807) is 18.9 Å². The lowest BCUT2D eigenvalue weighted by atomic mass is 10.2. The zero-order valence-corrected chi connectivity index (χ0v) is 16.5. The molecule has 0 atom stereocenters. The van der Waals surface area contributed by atoms with Crippen LogP contribution in [0.2, 0.25) is 0 Å². The molecule has 1 aliphatic heterocycles. The Morgan fingerprint density at radius 1 is 1.03 bits per heavy atom. The van der Waals surface area contributed by atoms with Gasteiger partial charge >= 0.3 is 0 Å². The SMILES string of the molecule is O=C(c1cnc2c(c1)ncn2C1CCCC1)N1CCN(CCn2cncn2)CC1. The van der Waals surface area contributed by atoms with E-state index in [1.165, 1.54) is 25.7 Å². The van der Waals surface area contributed by atoms with Gasteiger partial charge in [-0.3, -0.25) is 14.4 Å². The van der Waals surface area contributed by atoms with Crippen molar-refractivity contribution in [3.8, 4) is 0 Å². The third-order valence-corrected chi connectivity index (χ3v) is 6.15. The number of hydrogen-bond donors (Lipinski definition) is 0. The van der Waals surface area contributed by atoms with E-state index in [4.69, 9.17) is 0 Å². The van der Waals surface area contributed by atoms with Crippen molar-refractivity contribution < 1.29 is 4.79 Å². The van der Waals surface area contributed by atoms with Crippen molar-refractivity contribution in [2.24, 2.45) is 0 Å². The lowest BCUT2D eigenvalue weighted by molar-refractivity contribution is 0.0631. The Labute approximate surface area is 169 Å². The van der Waals surface area contributed by atoms with Gasteiger partial charge in [-0.05, 0) is 18.9 Å². The number of carbonyl (C=O) groups is 1. The lowest BCUT2D eigenvalue weighted by Gasteiger charge is -2.34. The molecule has 3 aromatic rings. The van der Waals surface area contributed by atoms with Crippen molar-refractivity contribution in [2.75, 3.05) is 32.7 Å². The monoisotopic (exact) mass is 394 g/mol. The number of fused-ring (bicyclic) bond motifs is 1. The maximum atomic E-state index is 13.0. The lowest BCUT2D eigenvalue weighted by Crippen LogP contribution is -2.49. The number of hydrogen-bond acceptors (Lipinski definition) is 6. The quantitative estimate of drug-likeness (QED) is 0.653. The van der Waals surface area contributed by atoms with Gasteiger partial charge in [-0.2, -0.15) is 5.10 Å². The van der Waals surface area contributed by atoms with Crippen LogP contribution in [0.5, 0.6) is 0 Å². The summed E-state index contributed by atoms with van der Waals surface area (Å²) in [5, 5.41) is 4.13. The molecule has 0 N–H and O–H groups in total. The number of piperazine rings is 1. The molecular formula is C20H26N8O. The molecule has 0 spiro atoms. The Hall–Kier alpha value is -2.81. The molecule has 0 aromatic carbocycles. The van der Waals surface area contributed by atoms with E-state index < -0.39 is 0 Å². The van der Waals surface area contributed by atoms with Crippen LogP contribution in [-0.2, 0) is 6.54 Å². The number of amides is 1. The minimum Gasteiger partial charge on any atom is -0.336 e. The van der Waals surface area contributed by atoms with Crippen molar-refractivity contribution >= 4 is 17.1 Å². The van der Waals surface area contributed by atoms with Crippen LogP contribution in [0.3, 0.4) is 0 Å². The molecule has 9 nitrogen and oxygen atoms in total. The van der Waals surface area contributed by atoms with Crippen LogP contribution in [-0.4, -0.2) is 77.7 Å². The molecule has 1 saturated carbocycles. The highest BCUT2D eigenvalue weighted by Crippen LogP contribution is 2.31. The second kappa shape index (κ2) is 7.90. The maximum Gasteiger partial charge on any atom is 0.255 e. The fourth-order valence-corrected chi connectivity index (χ4v) is 4.43. The molecule has 1 amide bonds. The molecular weight excluding hydrogens is 368 g/mol. The van der Waals surface area contributed by atoms with Crippen molar-refractivity contribution in [1.29, 1.82) is 0 Å². The van der Waals surface area contributed by atoms with Gasteiger partial charge in [0.05, 0.1) is 18.4 Å². The summed E-state index contributed by atoms with van der Waals surface area (Å²) in [6.45, 7) is 4.92. The highest BCUT2D eigenvalue weighted by Gasteiger charge is 2.24. The third-order valence-electron chi connectivity index (χ3n) is 6.15. The van der Waals surface area contributed by atoms with E-state index in [2.05, 4.69) is 29.5 Å². The van der Waals surface area contributed by atoms with E-state index in [9.17, 15) is 4.79 Å². The summed E-state index contributed by atoms with van der Waals surface area (Å²) in [4.78, 5) is 30.3. The van der Waals surface area contributed by atoms with Crippen LogP contribution in [0, 0.1) is 0 Å². The summed E-state index contributed by atoms with van der Waals surface area (Å²) in [5.74, 6) is 0.0470. The van der Waals surface area contributed by atoms with Crippen molar-refractivity contribution in [3.05, 3.63) is 36.8 Å². The fourth-order valence-electron chi connectivity index (χ4n) is 4.43. The van der Waals surface area contributed by atoms with E-state index in [0.29, 0.717) is 11.6 Å². The summed E-state index contributed by atoms with van der Waals surface area (Å²) in [6, 6.07) is 2.40.